The molecule has 0 radical (unpaired) electrons. The second-order valence-electron chi connectivity index (χ2n) is 4.26. The van der Waals surface area contributed by atoms with Gasteiger partial charge in [-0.3, -0.25) is 4.79 Å². The summed E-state index contributed by atoms with van der Waals surface area (Å²) in [7, 11) is 1.53. The second-order valence-corrected chi connectivity index (χ2v) is 4.26. The van der Waals surface area contributed by atoms with Crippen molar-refractivity contribution in [2.45, 2.75) is 6.10 Å². The molecule has 4 heteroatoms. The van der Waals surface area contributed by atoms with Crippen LogP contribution in [0, 0.1) is 0 Å². The Kier molecular flexibility index (Phi) is 4.74. The first-order valence-electron chi connectivity index (χ1n) is 6.23. The Morgan fingerprint density at radius 3 is 2.60 bits per heavy atom. The summed E-state index contributed by atoms with van der Waals surface area (Å²) in [6, 6.07) is 14.2. The summed E-state index contributed by atoms with van der Waals surface area (Å²) in [5, 5.41) is 10.0. The number of ether oxygens (including phenoxy) is 2. The van der Waals surface area contributed by atoms with Gasteiger partial charge in [0, 0.05) is 0 Å². The second kappa shape index (κ2) is 6.73. The molecule has 104 valence electrons. The van der Waals surface area contributed by atoms with E-state index in [1.54, 1.807) is 18.2 Å². The normalized spacial score (nSPS) is 11.7. The molecule has 20 heavy (non-hydrogen) atoms. The molecule has 2 aromatic carbocycles. The predicted octanol–water partition coefficient (Wildman–Crippen LogP) is 2.62. The summed E-state index contributed by atoms with van der Waals surface area (Å²) < 4.78 is 10.5. The number of methoxy groups -OCH3 is 1. The number of aliphatic hydroxyl groups excluding tert-OH is 1. The summed E-state index contributed by atoms with van der Waals surface area (Å²) >= 11 is 0. The van der Waals surface area contributed by atoms with Crippen LogP contribution in [-0.2, 0) is 0 Å². The maximum atomic E-state index is 11.0. The fourth-order valence-corrected chi connectivity index (χ4v) is 1.82. The fourth-order valence-electron chi connectivity index (χ4n) is 1.82. The third-order valence-electron chi connectivity index (χ3n) is 2.92. The molecule has 0 saturated carbocycles. The first-order valence-corrected chi connectivity index (χ1v) is 6.23. The molecule has 0 aliphatic heterocycles. The minimum absolute atomic E-state index is 0.0805. The van der Waals surface area contributed by atoms with E-state index in [2.05, 4.69) is 0 Å². The van der Waals surface area contributed by atoms with Crippen molar-refractivity contribution in [2.24, 2.45) is 0 Å². The number of carbonyl (C=O) groups excluding carboxylic acids is 1. The Labute approximate surface area is 117 Å². The monoisotopic (exact) mass is 272 g/mol. The summed E-state index contributed by atoms with van der Waals surface area (Å²) in [5.74, 6) is 1.01. The molecule has 0 bridgehead atoms. The molecule has 2 rings (SSSR count). The third kappa shape index (κ3) is 3.36. The molecule has 0 aromatic heterocycles. The van der Waals surface area contributed by atoms with Gasteiger partial charge < -0.3 is 14.6 Å². The highest BCUT2D eigenvalue weighted by atomic mass is 16.5. The highest BCUT2D eigenvalue weighted by Gasteiger charge is 2.10. The van der Waals surface area contributed by atoms with Crippen molar-refractivity contribution in [3.63, 3.8) is 0 Å². The van der Waals surface area contributed by atoms with Crippen molar-refractivity contribution in [1.29, 1.82) is 0 Å². The van der Waals surface area contributed by atoms with Crippen LogP contribution >= 0.6 is 0 Å². The van der Waals surface area contributed by atoms with Crippen molar-refractivity contribution >= 4 is 6.29 Å². The minimum Gasteiger partial charge on any atom is -0.497 e. The van der Waals surface area contributed by atoms with Gasteiger partial charge in [-0.05, 0) is 23.8 Å². The van der Waals surface area contributed by atoms with Crippen molar-refractivity contribution in [3.8, 4) is 11.5 Å². The molecule has 0 spiro atoms. The van der Waals surface area contributed by atoms with E-state index in [-0.39, 0.29) is 6.61 Å². The van der Waals surface area contributed by atoms with Crippen molar-refractivity contribution in [2.75, 3.05) is 13.7 Å². The molecule has 1 atom stereocenters. The van der Waals surface area contributed by atoms with Crippen LogP contribution in [0.5, 0.6) is 11.5 Å². The largest absolute Gasteiger partial charge is 0.497 e. The van der Waals surface area contributed by atoms with Crippen LogP contribution in [0.1, 0.15) is 22.0 Å². The highest BCUT2D eigenvalue weighted by Crippen LogP contribution is 2.24. The van der Waals surface area contributed by atoms with E-state index in [1.807, 2.05) is 30.3 Å². The van der Waals surface area contributed by atoms with Crippen molar-refractivity contribution in [3.05, 3.63) is 59.7 Å². The van der Waals surface area contributed by atoms with Gasteiger partial charge in [-0.1, -0.05) is 30.3 Å². The van der Waals surface area contributed by atoms with Crippen LogP contribution in [-0.4, -0.2) is 25.1 Å². The van der Waals surface area contributed by atoms with E-state index in [1.165, 1.54) is 7.11 Å². The van der Waals surface area contributed by atoms with E-state index in [0.29, 0.717) is 23.3 Å². The number of aldehydes is 1. The van der Waals surface area contributed by atoms with Gasteiger partial charge in [0.2, 0.25) is 0 Å². The molecule has 0 amide bonds. The van der Waals surface area contributed by atoms with Crippen molar-refractivity contribution < 1.29 is 19.4 Å². The van der Waals surface area contributed by atoms with Crippen LogP contribution in [0.3, 0.4) is 0 Å². The number of benzene rings is 2. The summed E-state index contributed by atoms with van der Waals surface area (Å²) in [4.78, 5) is 11.0. The van der Waals surface area contributed by atoms with Crippen LogP contribution < -0.4 is 9.47 Å². The van der Waals surface area contributed by atoms with Crippen LogP contribution in [0.25, 0.3) is 0 Å². The zero-order valence-corrected chi connectivity index (χ0v) is 11.2. The molecule has 2 aromatic rings. The molecule has 1 unspecified atom stereocenters. The van der Waals surface area contributed by atoms with Gasteiger partial charge in [-0.25, -0.2) is 0 Å². The molecule has 4 nitrogen and oxygen atoms in total. The molecule has 0 aliphatic carbocycles. The lowest BCUT2D eigenvalue weighted by atomic mass is 10.1. The van der Waals surface area contributed by atoms with Gasteiger partial charge in [0.1, 0.15) is 24.2 Å². The van der Waals surface area contributed by atoms with Gasteiger partial charge in [0.15, 0.2) is 6.29 Å². The molecule has 1 N–H and O–H groups in total. The highest BCUT2D eigenvalue weighted by molar-refractivity contribution is 5.80. The van der Waals surface area contributed by atoms with Gasteiger partial charge in [0.25, 0.3) is 0 Å². The number of hydrogen-bond acceptors (Lipinski definition) is 4. The number of rotatable bonds is 6. The predicted molar refractivity (Wildman–Crippen MR) is 75.3 cm³/mol. The van der Waals surface area contributed by atoms with E-state index in [0.717, 1.165) is 5.56 Å². The van der Waals surface area contributed by atoms with Crippen LogP contribution in [0.4, 0.5) is 0 Å². The molecular weight excluding hydrogens is 256 g/mol. The third-order valence-corrected chi connectivity index (χ3v) is 2.92. The number of carbonyl (C=O) groups is 1. The Balaban J connectivity index is 2.05. The average molecular weight is 272 g/mol. The lowest BCUT2D eigenvalue weighted by molar-refractivity contribution is 0.104. The Morgan fingerprint density at radius 2 is 1.95 bits per heavy atom. The first-order chi connectivity index (χ1) is 9.74. The molecule has 0 heterocycles. The summed E-state index contributed by atoms with van der Waals surface area (Å²) in [5.41, 5.74) is 1.17. The number of aliphatic hydroxyl groups is 1. The van der Waals surface area contributed by atoms with Gasteiger partial charge >= 0.3 is 0 Å². The fraction of sp³-hybridized carbons (Fsp3) is 0.188. The molecule has 0 aliphatic rings. The quantitative estimate of drug-likeness (QED) is 0.821. The van der Waals surface area contributed by atoms with Crippen LogP contribution in [0.15, 0.2) is 48.5 Å². The smallest absolute Gasteiger partial charge is 0.153 e. The van der Waals surface area contributed by atoms with Gasteiger partial charge in [0.05, 0.1) is 12.7 Å². The van der Waals surface area contributed by atoms with Gasteiger partial charge in [-0.15, -0.1) is 0 Å². The lowest BCUT2D eigenvalue weighted by Gasteiger charge is -2.14. The zero-order valence-electron chi connectivity index (χ0n) is 11.2. The topological polar surface area (TPSA) is 55.8 Å². The zero-order chi connectivity index (χ0) is 14.4. The van der Waals surface area contributed by atoms with Gasteiger partial charge in [-0.2, -0.15) is 0 Å². The van der Waals surface area contributed by atoms with E-state index in [4.69, 9.17) is 9.47 Å². The molecular formula is C16H16O4. The maximum absolute atomic E-state index is 11.0. The van der Waals surface area contributed by atoms with E-state index >= 15 is 0 Å². The standard InChI is InChI=1S/C16H16O4/c1-19-14-7-8-16(13(9-14)10-17)20-11-15(18)12-5-3-2-4-6-12/h2-10,15,18H,11H2,1H3. The lowest BCUT2D eigenvalue weighted by Crippen LogP contribution is -2.10. The van der Waals surface area contributed by atoms with Crippen LogP contribution in [0.2, 0.25) is 0 Å². The Hall–Kier alpha value is -2.33. The Bertz CT molecular complexity index is 566. The van der Waals surface area contributed by atoms with Crippen molar-refractivity contribution in [1.82, 2.24) is 0 Å². The molecule has 0 fully saturated rings. The van der Waals surface area contributed by atoms with E-state index in [9.17, 15) is 9.90 Å². The van der Waals surface area contributed by atoms with E-state index < -0.39 is 6.10 Å². The first kappa shape index (κ1) is 14.1. The summed E-state index contributed by atoms with van der Waals surface area (Å²) in [6.45, 7) is 0.0805. The summed E-state index contributed by atoms with van der Waals surface area (Å²) in [6.07, 6.45) is -0.0370. The molecule has 0 saturated heterocycles. The minimum atomic E-state index is -0.738. The Morgan fingerprint density at radius 1 is 1.20 bits per heavy atom. The number of hydrogen-bond donors (Lipinski definition) is 1. The average Bonchev–Trinajstić information content (AvgIpc) is 2.53. The SMILES string of the molecule is COc1ccc(OCC(O)c2ccccc2)c(C=O)c1. The maximum Gasteiger partial charge on any atom is 0.153 e.